The molecule has 0 saturated carbocycles. The molecule has 0 saturated heterocycles. The van der Waals surface area contributed by atoms with Gasteiger partial charge in [-0.2, -0.15) is 12.8 Å². The average Bonchev–Trinajstić information content (AvgIpc) is 2.49. The van der Waals surface area contributed by atoms with Crippen LogP contribution in [0.15, 0.2) is 27.5 Å². The third-order valence-electron chi connectivity index (χ3n) is 2.20. The number of hydrogen-bond acceptors (Lipinski definition) is 4. The Balaban J connectivity index is 2.44. The maximum Gasteiger partial charge on any atom is 0.282 e. The van der Waals surface area contributed by atoms with Crippen molar-refractivity contribution in [2.24, 2.45) is 4.40 Å². The van der Waals surface area contributed by atoms with Gasteiger partial charge >= 0.3 is 0 Å². The molecule has 0 radical (unpaired) electrons. The van der Waals surface area contributed by atoms with Crippen molar-refractivity contribution in [2.45, 2.75) is 4.90 Å². The van der Waals surface area contributed by atoms with Crippen molar-refractivity contribution in [3.63, 3.8) is 0 Å². The minimum Gasteiger partial charge on any atom is -0.858 e. The fourth-order valence-electron chi connectivity index (χ4n) is 1.42. The van der Waals surface area contributed by atoms with Crippen LogP contribution < -0.4 is 16.2 Å². The molecule has 0 atom stereocenters. The Morgan fingerprint density at radius 2 is 2.18 bits per heavy atom. The van der Waals surface area contributed by atoms with E-state index in [1.165, 1.54) is 18.2 Å². The summed E-state index contributed by atoms with van der Waals surface area (Å²) in [6.45, 7) is 0.0349. The van der Waals surface area contributed by atoms with E-state index in [1.807, 2.05) is 0 Å². The number of carbonyl (C=O) groups is 1. The molecule has 7 nitrogen and oxygen atoms in total. The topological polar surface area (TPSA) is 126 Å². The van der Waals surface area contributed by atoms with E-state index in [-0.39, 0.29) is 22.9 Å². The Morgan fingerprint density at radius 3 is 2.82 bits per heavy atom. The first-order chi connectivity index (χ1) is 7.94. The van der Waals surface area contributed by atoms with E-state index < -0.39 is 15.9 Å². The summed E-state index contributed by atoms with van der Waals surface area (Å²) >= 11 is 0. The molecular weight excluding hydrogens is 246 g/mol. The van der Waals surface area contributed by atoms with Crippen LogP contribution in [0, 0.1) is 0 Å². The fraction of sp³-hybridized carbons (Fsp3) is 0.111. The van der Waals surface area contributed by atoms with Crippen molar-refractivity contribution < 1.29 is 24.1 Å². The van der Waals surface area contributed by atoms with E-state index in [1.54, 1.807) is 0 Å². The van der Waals surface area contributed by atoms with E-state index in [0.29, 0.717) is 5.69 Å². The summed E-state index contributed by atoms with van der Waals surface area (Å²) in [4.78, 5) is 10.9. The number of quaternary nitrogens is 1. The lowest BCUT2D eigenvalue weighted by atomic mass is 10.2. The highest BCUT2D eigenvalue weighted by Gasteiger charge is 2.24. The molecule has 17 heavy (non-hydrogen) atoms. The molecule has 8 heteroatoms. The summed E-state index contributed by atoms with van der Waals surface area (Å²) in [5.41, 5.74) is 3.71. The highest BCUT2D eigenvalue weighted by atomic mass is 32.2. The maximum absolute atomic E-state index is 11.5. The van der Waals surface area contributed by atoms with Crippen molar-refractivity contribution in [3.05, 3.63) is 23.8 Å². The van der Waals surface area contributed by atoms with Gasteiger partial charge in [0.15, 0.2) is 6.54 Å². The molecular formula is C9H9N3O4S. The lowest BCUT2D eigenvalue weighted by Gasteiger charge is -2.07. The first-order valence-corrected chi connectivity index (χ1v) is 6.13. The molecule has 1 aromatic rings. The Morgan fingerprint density at radius 1 is 1.47 bits per heavy atom. The van der Waals surface area contributed by atoms with Gasteiger partial charge in [-0.05, 0) is 12.1 Å². The van der Waals surface area contributed by atoms with E-state index in [0.717, 1.165) is 0 Å². The highest BCUT2D eigenvalue weighted by Crippen LogP contribution is 2.27. The zero-order chi connectivity index (χ0) is 12.6. The minimum atomic E-state index is -3.91. The Labute approximate surface area is 97.0 Å². The second kappa shape index (κ2) is 3.82. The number of amides is 1. The molecule has 0 fully saturated rings. The summed E-state index contributed by atoms with van der Waals surface area (Å²) in [5, 5.41) is 13.7. The molecule has 1 aliphatic rings. The summed E-state index contributed by atoms with van der Waals surface area (Å²) in [5.74, 6) is -1.13. The predicted octanol–water partition coefficient (Wildman–Crippen LogP) is -2.32. The van der Waals surface area contributed by atoms with Gasteiger partial charge in [-0.15, -0.1) is 0 Å². The van der Waals surface area contributed by atoms with E-state index in [9.17, 15) is 18.3 Å². The maximum atomic E-state index is 11.5. The molecule has 1 aliphatic heterocycles. The van der Waals surface area contributed by atoms with Gasteiger partial charge in [-0.3, -0.25) is 4.79 Å². The highest BCUT2D eigenvalue weighted by molar-refractivity contribution is 7.90. The number of nitrogens with zero attached hydrogens (tertiary/aromatic N) is 1. The van der Waals surface area contributed by atoms with Crippen molar-refractivity contribution in [2.75, 3.05) is 11.9 Å². The number of benzene rings is 1. The van der Waals surface area contributed by atoms with Crippen LogP contribution in [0.5, 0.6) is 0 Å². The number of carbonyl (C=O) groups excluding carboxylic acids is 1. The molecule has 0 unspecified atom stereocenters. The Hall–Kier alpha value is -1.93. The van der Waals surface area contributed by atoms with Crippen LogP contribution in [0.2, 0.25) is 0 Å². The third-order valence-corrected chi connectivity index (χ3v) is 3.50. The monoisotopic (exact) mass is 255 g/mol. The molecule has 1 amide bonds. The van der Waals surface area contributed by atoms with Gasteiger partial charge in [0, 0.05) is 17.1 Å². The van der Waals surface area contributed by atoms with Gasteiger partial charge in [-0.1, -0.05) is 6.07 Å². The molecule has 0 spiro atoms. The van der Waals surface area contributed by atoms with Gasteiger partial charge in [0.05, 0.1) is 4.90 Å². The van der Waals surface area contributed by atoms with Crippen LogP contribution in [0.25, 0.3) is 0 Å². The summed E-state index contributed by atoms with van der Waals surface area (Å²) in [6, 6.07) is 3.98. The number of anilines is 1. The Bertz CT molecular complexity index is 621. The molecule has 0 aromatic heterocycles. The number of rotatable bonds is 2. The molecule has 4 N–H and O–H groups in total. The zero-order valence-corrected chi connectivity index (χ0v) is 9.45. The van der Waals surface area contributed by atoms with Gasteiger partial charge in [0.2, 0.25) is 0 Å². The van der Waals surface area contributed by atoms with Crippen LogP contribution >= 0.6 is 0 Å². The van der Waals surface area contributed by atoms with Crippen LogP contribution in [-0.4, -0.2) is 26.8 Å². The lowest BCUT2D eigenvalue weighted by Crippen LogP contribution is -2.55. The van der Waals surface area contributed by atoms with Gasteiger partial charge in [-0.25, -0.2) is 0 Å². The molecule has 1 heterocycles. The normalized spacial score (nSPS) is 16.2. The van der Waals surface area contributed by atoms with Crippen molar-refractivity contribution >= 4 is 27.5 Å². The quantitative estimate of drug-likeness (QED) is 0.614. The number of sulfonamides is 1. The van der Waals surface area contributed by atoms with Crippen molar-refractivity contribution in [3.8, 4) is 0 Å². The second-order valence-corrected chi connectivity index (χ2v) is 4.95. The van der Waals surface area contributed by atoms with E-state index >= 15 is 0 Å². The van der Waals surface area contributed by atoms with Gasteiger partial charge < -0.3 is 16.2 Å². The third kappa shape index (κ3) is 1.99. The number of nitrogens with one attached hydrogen (secondary N) is 1. The molecule has 1 aromatic carbocycles. The predicted molar refractivity (Wildman–Crippen MR) is 56.5 cm³/mol. The second-order valence-electron chi connectivity index (χ2n) is 3.38. The smallest absolute Gasteiger partial charge is 0.282 e. The average molecular weight is 255 g/mol. The van der Waals surface area contributed by atoms with E-state index in [2.05, 4.69) is 15.4 Å². The van der Waals surface area contributed by atoms with Crippen LogP contribution in [0.1, 0.15) is 5.56 Å². The van der Waals surface area contributed by atoms with Gasteiger partial charge in [0.1, 0.15) is 0 Å². The van der Waals surface area contributed by atoms with Crippen LogP contribution in [0.3, 0.4) is 0 Å². The number of hydrogen-bond donors (Lipinski definition) is 2. The Kier molecular flexibility index (Phi) is 2.60. The van der Waals surface area contributed by atoms with Crippen LogP contribution in [0.4, 0.5) is 5.69 Å². The fourth-order valence-corrected chi connectivity index (χ4v) is 2.55. The first-order valence-electron chi connectivity index (χ1n) is 4.69. The minimum absolute atomic E-state index is 0.0256. The molecule has 2 rings (SSSR count). The van der Waals surface area contributed by atoms with Crippen LogP contribution in [-0.2, 0) is 14.8 Å². The molecule has 0 bridgehead atoms. The largest absolute Gasteiger partial charge is 0.858 e. The SMILES string of the molecule is [NH3+]CC(=O)Nc1ccc2c(c1)S(=O)(=O)N=C2[O-]. The van der Waals surface area contributed by atoms with Gasteiger partial charge in [0.25, 0.3) is 15.9 Å². The summed E-state index contributed by atoms with van der Waals surface area (Å²) in [7, 11) is -3.91. The first kappa shape index (κ1) is 11.6. The standard InChI is InChI=1S/C9H9N3O4S/c10-4-8(13)11-5-1-2-6-7(3-5)17(15,16)12-9(6)14/h1-3H,4,10H2,(H,11,13)(H,12,14). The zero-order valence-electron chi connectivity index (χ0n) is 8.63. The van der Waals surface area contributed by atoms with E-state index in [4.69, 9.17) is 0 Å². The lowest BCUT2D eigenvalue weighted by molar-refractivity contribution is -0.353. The summed E-state index contributed by atoms with van der Waals surface area (Å²) < 4.78 is 26.0. The van der Waals surface area contributed by atoms with Crippen molar-refractivity contribution in [1.82, 2.24) is 0 Å². The number of fused-ring (bicyclic) bond motifs is 1. The summed E-state index contributed by atoms with van der Waals surface area (Å²) in [6.07, 6.45) is 0. The van der Waals surface area contributed by atoms with Crippen molar-refractivity contribution in [1.29, 1.82) is 0 Å². The molecule has 0 aliphatic carbocycles. The molecule has 90 valence electrons.